The number of rotatable bonds is 1. The fourth-order valence-corrected chi connectivity index (χ4v) is 7.07. The third kappa shape index (κ3) is 1.87. The molecule has 30 heavy (non-hydrogen) atoms. The topological polar surface area (TPSA) is 37.4 Å². The van der Waals surface area contributed by atoms with Crippen LogP contribution >= 0.6 is 22.6 Å². The van der Waals surface area contributed by atoms with Crippen LogP contribution in [0.1, 0.15) is 36.1 Å². The van der Waals surface area contributed by atoms with Crippen molar-refractivity contribution in [1.29, 1.82) is 0 Å². The zero-order valence-corrected chi connectivity index (χ0v) is 18.9. The molecule has 1 fully saturated rings. The van der Waals surface area contributed by atoms with E-state index in [4.69, 9.17) is 0 Å². The lowest BCUT2D eigenvalue weighted by molar-refractivity contribution is -0.124. The predicted molar refractivity (Wildman–Crippen MR) is 124 cm³/mol. The van der Waals surface area contributed by atoms with Crippen LogP contribution in [0.4, 0.5) is 5.69 Å². The van der Waals surface area contributed by atoms with E-state index in [0.29, 0.717) is 5.69 Å². The number of benzene rings is 3. The average molecular weight is 505 g/mol. The van der Waals surface area contributed by atoms with Gasteiger partial charge in [-0.1, -0.05) is 74.5 Å². The Morgan fingerprint density at radius 2 is 1.03 bits per heavy atom. The van der Waals surface area contributed by atoms with Gasteiger partial charge in [0, 0.05) is 14.4 Å². The van der Waals surface area contributed by atoms with Crippen molar-refractivity contribution < 1.29 is 9.59 Å². The minimum absolute atomic E-state index is 0.0770. The second-order valence-electron chi connectivity index (χ2n) is 8.91. The fraction of sp³-hybridized carbons (Fsp3) is 0.231. The van der Waals surface area contributed by atoms with Gasteiger partial charge in [0.1, 0.15) is 0 Å². The van der Waals surface area contributed by atoms with Gasteiger partial charge in [-0.2, -0.15) is 0 Å². The van der Waals surface area contributed by atoms with E-state index in [-0.39, 0.29) is 11.8 Å². The Hall–Kier alpha value is -2.47. The highest BCUT2D eigenvalue weighted by Crippen LogP contribution is 2.66. The molecule has 4 heteroatoms. The molecule has 148 valence electrons. The van der Waals surface area contributed by atoms with Crippen molar-refractivity contribution in [2.24, 2.45) is 11.8 Å². The number of amides is 2. The van der Waals surface area contributed by atoms with Crippen LogP contribution in [0.25, 0.3) is 0 Å². The fourth-order valence-electron chi connectivity index (χ4n) is 6.44. The van der Waals surface area contributed by atoms with E-state index in [9.17, 15) is 9.59 Å². The maximum Gasteiger partial charge on any atom is 0.239 e. The molecule has 0 aromatic heterocycles. The molecule has 1 heterocycles. The van der Waals surface area contributed by atoms with E-state index < -0.39 is 22.7 Å². The summed E-state index contributed by atoms with van der Waals surface area (Å²) in [4.78, 5) is 29.4. The first-order chi connectivity index (χ1) is 14.4. The average Bonchev–Trinajstić information content (AvgIpc) is 3.04. The zero-order valence-electron chi connectivity index (χ0n) is 16.7. The summed E-state index contributed by atoms with van der Waals surface area (Å²) in [5.74, 6) is -0.967. The van der Waals surface area contributed by atoms with Gasteiger partial charge in [0.05, 0.1) is 17.5 Å². The van der Waals surface area contributed by atoms with Crippen molar-refractivity contribution in [2.45, 2.75) is 24.7 Å². The number of hydrogen-bond acceptors (Lipinski definition) is 2. The SMILES string of the molecule is CC12c3ccccc3C(C)(c3ccccc31)[C@@H]1C(=O)N(c3ccccc3I)C(=O)[C@H]12. The van der Waals surface area contributed by atoms with Gasteiger partial charge in [-0.15, -0.1) is 0 Å². The first-order valence-corrected chi connectivity index (χ1v) is 11.3. The molecule has 7 rings (SSSR count). The van der Waals surface area contributed by atoms with Gasteiger partial charge in [-0.3, -0.25) is 9.59 Å². The molecule has 3 aliphatic carbocycles. The van der Waals surface area contributed by atoms with Crippen LogP contribution in [0.15, 0.2) is 72.8 Å². The molecule has 0 spiro atoms. The van der Waals surface area contributed by atoms with Gasteiger partial charge in [0.2, 0.25) is 11.8 Å². The standard InChI is InChI=1S/C26H20INO2/c1-25-15-9-3-5-11-17(15)26(2,18-12-6-4-10-16(18)25)22-21(25)23(29)28(24(22)30)20-14-8-7-13-19(20)27/h3-14,21-22H,1-2H3/t21-,22-,25?,26?/m0/s1. The van der Waals surface area contributed by atoms with E-state index in [2.05, 4.69) is 60.7 Å². The van der Waals surface area contributed by atoms with Crippen molar-refractivity contribution in [3.63, 3.8) is 0 Å². The minimum atomic E-state index is -0.530. The Bertz CT molecular complexity index is 1140. The van der Waals surface area contributed by atoms with Gasteiger partial charge in [-0.05, 0) is 57.0 Å². The molecular weight excluding hydrogens is 485 g/mol. The summed E-state index contributed by atoms with van der Waals surface area (Å²) in [6.07, 6.45) is 0. The van der Waals surface area contributed by atoms with Crippen LogP contribution in [-0.2, 0) is 20.4 Å². The second-order valence-corrected chi connectivity index (χ2v) is 10.1. The van der Waals surface area contributed by atoms with E-state index in [1.54, 1.807) is 0 Å². The Kier molecular flexibility index (Phi) is 3.55. The summed E-state index contributed by atoms with van der Waals surface area (Å²) in [6.45, 7) is 4.32. The van der Waals surface area contributed by atoms with Gasteiger partial charge in [0.15, 0.2) is 0 Å². The molecule has 2 bridgehead atoms. The number of para-hydroxylation sites is 1. The van der Waals surface area contributed by atoms with Crippen LogP contribution < -0.4 is 4.90 Å². The number of carbonyl (C=O) groups excluding carboxylic acids is 2. The van der Waals surface area contributed by atoms with Crippen LogP contribution in [0, 0.1) is 15.4 Å². The first-order valence-electron chi connectivity index (χ1n) is 10.2. The molecular formula is C26H20INO2. The lowest BCUT2D eigenvalue weighted by Crippen LogP contribution is -2.59. The van der Waals surface area contributed by atoms with Crippen molar-refractivity contribution >= 4 is 40.1 Å². The van der Waals surface area contributed by atoms with Crippen LogP contribution in [0.2, 0.25) is 0 Å². The molecule has 1 aliphatic heterocycles. The molecule has 2 atom stereocenters. The van der Waals surface area contributed by atoms with Crippen molar-refractivity contribution in [3.05, 3.63) is 98.6 Å². The van der Waals surface area contributed by atoms with Gasteiger partial charge < -0.3 is 0 Å². The van der Waals surface area contributed by atoms with Crippen molar-refractivity contribution in [2.75, 3.05) is 4.90 Å². The normalized spacial score (nSPS) is 30.8. The summed E-state index contributed by atoms with van der Waals surface area (Å²) in [7, 11) is 0. The molecule has 4 aliphatic rings. The minimum Gasteiger partial charge on any atom is -0.274 e. The summed E-state index contributed by atoms with van der Waals surface area (Å²) in [5.41, 5.74) is 4.35. The van der Waals surface area contributed by atoms with Crippen molar-refractivity contribution in [3.8, 4) is 0 Å². The highest BCUT2D eigenvalue weighted by molar-refractivity contribution is 14.1. The lowest BCUT2D eigenvalue weighted by Gasteiger charge is -2.57. The summed E-state index contributed by atoms with van der Waals surface area (Å²) in [6, 6.07) is 24.4. The Balaban J connectivity index is 1.68. The molecule has 1 saturated heterocycles. The maximum atomic E-state index is 14.0. The number of anilines is 1. The predicted octanol–water partition coefficient (Wildman–Crippen LogP) is 5.04. The molecule has 3 aromatic rings. The molecule has 0 saturated carbocycles. The molecule has 3 nitrogen and oxygen atoms in total. The largest absolute Gasteiger partial charge is 0.274 e. The van der Waals surface area contributed by atoms with Gasteiger partial charge >= 0.3 is 0 Å². The second kappa shape index (κ2) is 5.82. The third-order valence-corrected chi connectivity index (χ3v) is 8.65. The Morgan fingerprint density at radius 1 is 0.667 bits per heavy atom. The lowest BCUT2D eigenvalue weighted by atomic mass is 9.42. The Labute approximate surface area is 189 Å². The van der Waals surface area contributed by atoms with E-state index >= 15 is 0 Å². The molecule has 0 radical (unpaired) electrons. The van der Waals surface area contributed by atoms with Crippen LogP contribution in [-0.4, -0.2) is 11.8 Å². The molecule has 0 unspecified atom stereocenters. The number of imide groups is 1. The van der Waals surface area contributed by atoms with E-state index in [1.165, 1.54) is 27.2 Å². The number of halogens is 1. The molecule has 3 aromatic carbocycles. The van der Waals surface area contributed by atoms with Crippen LogP contribution in [0.3, 0.4) is 0 Å². The molecule has 2 amide bonds. The van der Waals surface area contributed by atoms with E-state index in [0.717, 1.165) is 3.57 Å². The summed E-state index contributed by atoms with van der Waals surface area (Å²) >= 11 is 2.21. The Morgan fingerprint density at radius 3 is 1.43 bits per heavy atom. The quantitative estimate of drug-likeness (QED) is 0.344. The van der Waals surface area contributed by atoms with Gasteiger partial charge in [-0.25, -0.2) is 4.90 Å². The van der Waals surface area contributed by atoms with E-state index in [1.807, 2.05) is 48.5 Å². The number of hydrogen-bond donors (Lipinski definition) is 0. The number of carbonyl (C=O) groups is 2. The highest BCUT2D eigenvalue weighted by Gasteiger charge is 2.70. The first kappa shape index (κ1) is 18.3. The highest BCUT2D eigenvalue weighted by atomic mass is 127. The maximum absolute atomic E-state index is 14.0. The summed E-state index contributed by atoms with van der Waals surface area (Å²) in [5, 5.41) is 0. The molecule has 0 N–H and O–H groups in total. The van der Waals surface area contributed by atoms with Crippen LogP contribution in [0.5, 0.6) is 0 Å². The smallest absolute Gasteiger partial charge is 0.239 e. The number of nitrogens with zero attached hydrogens (tertiary/aromatic N) is 1. The monoisotopic (exact) mass is 505 g/mol. The van der Waals surface area contributed by atoms with Gasteiger partial charge in [0.25, 0.3) is 0 Å². The summed E-state index contributed by atoms with van der Waals surface area (Å²) < 4.78 is 0.910. The third-order valence-electron chi connectivity index (χ3n) is 7.74. The van der Waals surface area contributed by atoms with Crippen molar-refractivity contribution in [1.82, 2.24) is 0 Å². The zero-order chi connectivity index (χ0) is 20.8.